The standard InChI is InChI=1S/C26H18F3N5O5/c1-37-20-11-17(14-30)12-21(13-20)38-24-22(34(35)36)23(31-15-16-5-3-2-4-6-16)32-25(33-24)39-19-9-7-18(8-10-19)26(27,28)29/h2-13H,15H2,1H3,(H,31,32,33). The van der Waals surface area contributed by atoms with Gasteiger partial charge < -0.3 is 19.5 Å². The molecule has 0 aliphatic rings. The lowest BCUT2D eigenvalue weighted by atomic mass is 10.2. The SMILES string of the molecule is COc1cc(C#N)cc(Oc2nc(Oc3ccc(C(F)(F)F)cc3)nc(NCc3ccccc3)c2[N+](=O)[O-])c1. The Bertz CT molecular complexity index is 1520. The second-order valence-electron chi connectivity index (χ2n) is 7.84. The number of alkyl halides is 3. The van der Waals surface area contributed by atoms with Crippen LogP contribution in [0.4, 0.5) is 24.7 Å². The Morgan fingerprint density at radius 3 is 2.28 bits per heavy atom. The molecule has 4 rings (SSSR count). The topological polar surface area (TPSA) is 132 Å². The molecule has 0 amide bonds. The molecule has 0 aliphatic heterocycles. The number of hydrogen-bond acceptors (Lipinski definition) is 9. The van der Waals surface area contributed by atoms with Crippen molar-refractivity contribution in [1.29, 1.82) is 5.26 Å². The minimum Gasteiger partial charge on any atom is -0.497 e. The maximum absolute atomic E-state index is 12.9. The van der Waals surface area contributed by atoms with E-state index in [4.69, 9.17) is 14.2 Å². The molecule has 0 saturated carbocycles. The predicted octanol–water partition coefficient (Wildman–Crippen LogP) is 6.48. The number of benzene rings is 3. The maximum atomic E-state index is 12.9. The molecule has 0 fully saturated rings. The van der Waals surface area contributed by atoms with Gasteiger partial charge in [0.05, 0.1) is 29.2 Å². The summed E-state index contributed by atoms with van der Waals surface area (Å²) < 4.78 is 55.2. The van der Waals surface area contributed by atoms with Crippen molar-refractivity contribution in [2.24, 2.45) is 0 Å². The van der Waals surface area contributed by atoms with Crippen LogP contribution in [0.3, 0.4) is 0 Å². The van der Waals surface area contributed by atoms with E-state index < -0.39 is 34.2 Å². The Morgan fingerprint density at radius 2 is 1.67 bits per heavy atom. The third-order valence-corrected chi connectivity index (χ3v) is 5.17. The Morgan fingerprint density at radius 1 is 0.974 bits per heavy atom. The van der Waals surface area contributed by atoms with Crippen molar-refractivity contribution in [3.63, 3.8) is 0 Å². The summed E-state index contributed by atoms with van der Waals surface area (Å²) >= 11 is 0. The summed E-state index contributed by atoms with van der Waals surface area (Å²) in [6, 6.07) is 18.3. The Kier molecular flexibility index (Phi) is 7.76. The van der Waals surface area contributed by atoms with Crippen molar-refractivity contribution in [3.8, 4) is 35.2 Å². The zero-order valence-electron chi connectivity index (χ0n) is 20.1. The highest BCUT2D eigenvalue weighted by Gasteiger charge is 2.31. The smallest absolute Gasteiger partial charge is 0.416 e. The quantitative estimate of drug-likeness (QED) is 0.188. The number of nitrogens with one attached hydrogen (secondary N) is 1. The summed E-state index contributed by atoms with van der Waals surface area (Å²) in [5.74, 6) is -0.597. The lowest BCUT2D eigenvalue weighted by molar-refractivity contribution is -0.385. The van der Waals surface area contributed by atoms with Crippen LogP contribution in [0.25, 0.3) is 0 Å². The number of nitrogens with zero attached hydrogens (tertiary/aromatic N) is 4. The monoisotopic (exact) mass is 537 g/mol. The molecule has 1 aromatic heterocycles. The van der Waals surface area contributed by atoms with Crippen molar-refractivity contribution in [1.82, 2.24) is 9.97 Å². The van der Waals surface area contributed by atoms with E-state index in [1.165, 1.54) is 25.3 Å². The van der Waals surface area contributed by atoms with Crippen LogP contribution in [0.5, 0.6) is 29.1 Å². The van der Waals surface area contributed by atoms with Gasteiger partial charge in [-0.05, 0) is 42.0 Å². The van der Waals surface area contributed by atoms with E-state index in [1.54, 1.807) is 24.3 Å². The van der Waals surface area contributed by atoms with Crippen LogP contribution in [0, 0.1) is 21.4 Å². The number of ether oxygens (including phenoxy) is 3. The van der Waals surface area contributed by atoms with Gasteiger partial charge in [0.2, 0.25) is 5.82 Å². The molecule has 3 aromatic carbocycles. The van der Waals surface area contributed by atoms with Gasteiger partial charge >= 0.3 is 23.8 Å². The highest BCUT2D eigenvalue weighted by molar-refractivity contribution is 5.63. The minimum atomic E-state index is -4.54. The molecule has 1 heterocycles. The van der Waals surface area contributed by atoms with Crippen LogP contribution in [-0.4, -0.2) is 22.0 Å². The van der Waals surface area contributed by atoms with Crippen LogP contribution in [-0.2, 0) is 12.7 Å². The summed E-state index contributed by atoms with van der Waals surface area (Å²) in [5, 5.41) is 24.2. The van der Waals surface area contributed by atoms with Gasteiger partial charge in [-0.2, -0.15) is 28.4 Å². The fourth-order valence-corrected chi connectivity index (χ4v) is 3.34. The summed E-state index contributed by atoms with van der Waals surface area (Å²) in [7, 11) is 1.37. The van der Waals surface area contributed by atoms with Crippen molar-refractivity contribution in [2.45, 2.75) is 12.7 Å². The minimum absolute atomic E-state index is 0.00203. The van der Waals surface area contributed by atoms with Crippen LogP contribution in [0.1, 0.15) is 16.7 Å². The van der Waals surface area contributed by atoms with Gasteiger partial charge in [0.15, 0.2) is 0 Å². The number of halogens is 3. The van der Waals surface area contributed by atoms with E-state index in [9.17, 15) is 28.5 Å². The lowest BCUT2D eigenvalue weighted by Gasteiger charge is -2.13. The Hall–Kier alpha value is -5.38. The van der Waals surface area contributed by atoms with Gasteiger partial charge in [0.1, 0.15) is 17.2 Å². The maximum Gasteiger partial charge on any atom is 0.416 e. The van der Waals surface area contributed by atoms with E-state index in [2.05, 4.69) is 15.3 Å². The average molecular weight is 537 g/mol. The van der Waals surface area contributed by atoms with E-state index in [1.807, 2.05) is 12.1 Å². The molecule has 10 nitrogen and oxygen atoms in total. The molecule has 0 atom stereocenters. The molecular weight excluding hydrogens is 519 g/mol. The van der Waals surface area contributed by atoms with Gasteiger partial charge in [-0.25, -0.2) is 0 Å². The molecule has 39 heavy (non-hydrogen) atoms. The van der Waals surface area contributed by atoms with E-state index in [0.717, 1.165) is 29.8 Å². The number of rotatable bonds is 9. The molecular formula is C26H18F3N5O5. The van der Waals surface area contributed by atoms with Gasteiger partial charge in [-0.1, -0.05) is 30.3 Å². The molecule has 198 valence electrons. The van der Waals surface area contributed by atoms with Crippen molar-refractivity contribution < 1.29 is 32.3 Å². The Balaban J connectivity index is 1.76. The van der Waals surface area contributed by atoms with Gasteiger partial charge in [0.25, 0.3) is 0 Å². The van der Waals surface area contributed by atoms with Crippen LogP contribution < -0.4 is 19.5 Å². The van der Waals surface area contributed by atoms with E-state index >= 15 is 0 Å². The first kappa shape index (κ1) is 26.7. The van der Waals surface area contributed by atoms with E-state index in [-0.39, 0.29) is 35.2 Å². The third kappa shape index (κ3) is 6.69. The summed E-state index contributed by atoms with van der Waals surface area (Å²) in [5.41, 5.74) is -0.582. The first-order valence-corrected chi connectivity index (χ1v) is 11.1. The molecule has 0 radical (unpaired) electrons. The zero-order valence-corrected chi connectivity index (χ0v) is 20.1. The lowest BCUT2D eigenvalue weighted by Crippen LogP contribution is -2.09. The number of hydrogen-bond donors (Lipinski definition) is 1. The fourth-order valence-electron chi connectivity index (χ4n) is 3.34. The number of aromatic nitrogens is 2. The summed E-state index contributed by atoms with van der Waals surface area (Å²) in [6.07, 6.45) is -4.54. The largest absolute Gasteiger partial charge is 0.497 e. The molecule has 0 spiro atoms. The van der Waals surface area contributed by atoms with Gasteiger partial charge in [-0.3, -0.25) is 10.1 Å². The average Bonchev–Trinajstić information content (AvgIpc) is 2.91. The number of nitriles is 1. The van der Waals surface area contributed by atoms with Crippen molar-refractivity contribution in [3.05, 3.63) is 99.6 Å². The van der Waals surface area contributed by atoms with Crippen LogP contribution in [0.2, 0.25) is 0 Å². The summed E-state index contributed by atoms with van der Waals surface area (Å²) in [6.45, 7) is 0.135. The van der Waals surface area contributed by atoms with Gasteiger partial charge in [0, 0.05) is 12.6 Å². The predicted molar refractivity (Wildman–Crippen MR) is 132 cm³/mol. The zero-order chi connectivity index (χ0) is 28.0. The molecule has 0 aliphatic carbocycles. The molecule has 0 unspecified atom stereocenters. The number of methoxy groups -OCH3 is 1. The van der Waals surface area contributed by atoms with Crippen molar-refractivity contribution >= 4 is 11.5 Å². The third-order valence-electron chi connectivity index (χ3n) is 5.17. The number of anilines is 1. The van der Waals surface area contributed by atoms with Crippen LogP contribution in [0.15, 0.2) is 72.8 Å². The van der Waals surface area contributed by atoms with Crippen molar-refractivity contribution in [2.75, 3.05) is 12.4 Å². The first-order chi connectivity index (χ1) is 18.7. The summed E-state index contributed by atoms with van der Waals surface area (Å²) in [4.78, 5) is 19.4. The number of nitro groups is 1. The van der Waals surface area contributed by atoms with E-state index in [0.29, 0.717) is 0 Å². The Labute approximate surface area is 219 Å². The molecule has 1 N–H and O–H groups in total. The second kappa shape index (κ2) is 11.3. The fraction of sp³-hybridized carbons (Fsp3) is 0.115. The molecule has 0 bridgehead atoms. The normalized spacial score (nSPS) is 10.8. The molecule has 4 aromatic rings. The molecule has 0 saturated heterocycles. The second-order valence-corrected chi connectivity index (χ2v) is 7.84. The highest BCUT2D eigenvalue weighted by Crippen LogP contribution is 2.39. The molecule has 13 heteroatoms. The first-order valence-electron chi connectivity index (χ1n) is 11.1. The van der Waals surface area contributed by atoms with Crippen LogP contribution >= 0.6 is 0 Å². The van der Waals surface area contributed by atoms with Gasteiger partial charge in [-0.15, -0.1) is 0 Å². The highest BCUT2D eigenvalue weighted by atomic mass is 19.4.